The van der Waals surface area contributed by atoms with E-state index in [0.29, 0.717) is 17.2 Å². The van der Waals surface area contributed by atoms with Crippen LogP contribution in [0.5, 0.6) is 0 Å². The first-order chi connectivity index (χ1) is 19.3. The summed E-state index contributed by atoms with van der Waals surface area (Å²) in [6.45, 7) is 4.98. The molecule has 2 aromatic heterocycles. The van der Waals surface area contributed by atoms with Crippen LogP contribution in [0.3, 0.4) is 0 Å². The van der Waals surface area contributed by atoms with Gasteiger partial charge in [0.2, 0.25) is 0 Å². The summed E-state index contributed by atoms with van der Waals surface area (Å²) in [7, 11) is 0. The van der Waals surface area contributed by atoms with E-state index < -0.39 is 23.3 Å². The number of rotatable bonds is 8. The van der Waals surface area contributed by atoms with Crippen LogP contribution in [-0.2, 0) is 39.8 Å². The summed E-state index contributed by atoms with van der Waals surface area (Å²) in [5, 5.41) is 15.6. The zero-order valence-corrected chi connectivity index (χ0v) is 23.3. The number of aliphatic hydroxyl groups is 1. The van der Waals surface area contributed by atoms with Gasteiger partial charge in [0.15, 0.2) is 5.82 Å². The molecule has 0 spiro atoms. The molecule has 1 saturated carbocycles. The number of ether oxygens (including phenoxy) is 1. The number of Topliss-reactive ketones (excluding diaryl/α,β-unsaturated/α-hetero) is 1. The van der Waals surface area contributed by atoms with Gasteiger partial charge >= 0.3 is 12.1 Å². The number of alkyl halides is 3. The molecule has 2 aliphatic rings. The molecule has 1 aliphatic heterocycles. The number of benzene rings is 1. The van der Waals surface area contributed by atoms with Gasteiger partial charge in [0.25, 0.3) is 5.78 Å². The average Bonchev–Trinajstić information content (AvgIpc) is 3.55. The highest BCUT2D eigenvalue weighted by molar-refractivity contribution is 5.90. The van der Waals surface area contributed by atoms with E-state index >= 15 is 0 Å². The predicted molar refractivity (Wildman–Crippen MR) is 143 cm³/mol. The quantitative estimate of drug-likeness (QED) is 0.344. The van der Waals surface area contributed by atoms with Crippen LogP contribution in [-0.4, -0.2) is 42.0 Å². The Morgan fingerprint density at radius 3 is 2.56 bits per heavy atom. The van der Waals surface area contributed by atoms with Crippen LogP contribution in [0.15, 0.2) is 35.6 Å². The van der Waals surface area contributed by atoms with Gasteiger partial charge in [-0.05, 0) is 75.6 Å². The maximum absolute atomic E-state index is 13.8. The van der Waals surface area contributed by atoms with Gasteiger partial charge in [-0.3, -0.25) is 4.79 Å². The molecular weight excluding hydrogens is 537 g/mol. The average molecular weight is 571 g/mol. The second-order valence-corrected chi connectivity index (χ2v) is 11.4. The number of carbonyl (C=O) groups excluding carboxylic acids is 2. The zero-order chi connectivity index (χ0) is 29.5. The Morgan fingerprint density at radius 1 is 1.17 bits per heavy atom. The second-order valence-electron chi connectivity index (χ2n) is 11.4. The molecular formula is C30H33F3N4O4. The molecule has 1 atom stereocenters. The normalized spacial score (nSPS) is 20.2. The van der Waals surface area contributed by atoms with Crippen molar-refractivity contribution in [1.29, 1.82) is 0 Å². The molecule has 0 radical (unpaired) electrons. The third kappa shape index (κ3) is 5.99. The predicted octanol–water partition coefficient (Wildman–Crippen LogP) is 5.75. The van der Waals surface area contributed by atoms with E-state index in [1.807, 2.05) is 19.9 Å². The lowest BCUT2D eigenvalue weighted by Gasteiger charge is -2.41. The standard InChI is InChI=1S/C30H33F3N4O4/c1-17-12-18(2)37-28(34-17)35-26(36-37)15-23-25(39)16-29(41-27(23)40,22-6-4-5-7-22)11-10-20-8-9-21(13-19(3)38)24(14-20)30(31,32)33/h8-9,12,14,22,39H,4-7,10-11,13,15-16H2,1-3H3. The Labute approximate surface area is 235 Å². The highest BCUT2D eigenvalue weighted by Gasteiger charge is 2.48. The summed E-state index contributed by atoms with van der Waals surface area (Å²) in [6, 6.07) is 5.89. The molecule has 5 rings (SSSR count). The second kappa shape index (κ2) is 10.9. The number of aliphatic hydroxyl groups excluding tert-OH is 1. The monoisotopic (exact) mass is 570 g/mol. The fraction of sp³-hybridized carbons (Fsp3) is 0.500. The van der Waals surface area contributed by atoms with Crippen molar-refractivity contribution >= 4 is 17.5 Å². The fourth-order valence-corrected chi connectivity index (χ4v) is 6.25. The van der Waals surface area contributed by atoms with E-state index in [2.05, 4.69) is 15.1 Å². The summed E-state index contributed by atoms with van der Waals surface area (Å²) >= 11 is 0. The summed E-state index contributed by atoms with van der Waals surface area (Å²) in [5.41, 5.74) is 0.208. The van der Waals surface area contributed by atoms with Gasteiger partial charge < -0.3 is 9.84 Å². The number of esters is 1. The third-order valence-electron chi connectivity index (χ3n) is 8.21. The number of halogens is 3. The Balaban J connectivity index is 1.41. The first kappa shape index (κ1) is 28.8. The van der Waals surface area contributed by atoms with Gasteiger partial charge in [-0.25, -0.2) is 14.3 Å². The SMILES string of the molecule is CC(=O)Cc1ccc(CCC2(C3CCCC3)CC(O)=C(Cc3nc4nc(C)cc(C)n4n3)C(=O)O2)cc1C(F)(F)F. The summed E-state index contributed by atoms with van der Waals surface area (Å²) in [5.74, 6) is -0.403. The molecule has 1 N–H and O–H groups in total. The van der Waals surface area contributed by atoms with Gasteiger partial charge in [0.1, 0.15) is 17.1 Å². The van der Waals surface area contributed by atoms with Gasteiger partial charge in [-0.15, -0.1) is 5.10 Å². The van der Waals surface area contributed by atoms with Crippen LogP contribution in [0.1, 0.15) is 79.4 Å². The van der Waals surface area contributed by atoms with Gasteiger partial charge in [-0.2, -0.15) is 18.2 Å². The number of hydrogen-bond acceptors (Lipinski definition) is 7. The Bertz CT molecular complexity index is 1540. The van der Waals surface area contributed by atoms with Crippen molar-refractivity contribution in [3.63, 3.8) is 0 Å². The summed E-state index contributed by atoms with van der Waals surface area (Å²) < 4.78 is 49.1. The van der Waals surface area contributed by atoms with E-state index in [0.717, 1.165) is 43.1 Å². The molecule has 3 aromatic rings. The molecule has 0 bridgehead atoms. The van der Waals surface area contributed by atoms with Crippen LogP contribution >= 0.6 is 0 Å². The number of fused-ring (bicyclic) bond motifs is 1. The largest absolute Gasteiger partial charge is 0.512 e. The zero-order valence-electron chi connectivity index (χ0n) is 23.3. The molecule has 1 aromatic carbocycles. The Kier molecular flexibility index (Phi) is 7.65. The number of aryl methyl sites for hydroxylation is 3. The fourth-order valence-electron chi connectivity index (χ4n) is 6.25. The molecule has 1 fully saturated rings. The van der Waals surface area contributed by atoms with Crippen molar-refractivity contribution < 1.29 is 32.6 Å². The van der Waals surface area contributed by atoms with Gasteiger partial charge in [0.05, 0.1) is 11.1 Å². The maximum Gasteiger partial charge on any atom is 0.416 e. The third-order valence-corrected chi connectivity index (χ3v) is 8.21. The summed E-state index contributed by atoms with van der Waals surface area (Å²) in [6.07, 6.45) is -0.845. The molecule has 218 valence electrons. The van der Waals surface area contributed by atoms with Crippen molar-refractivity contribution in [2.75, 3.05) is 0 Å². The number of aromatic nitrogens is 4. The van der Waals surface area contributed by atoms with E-state index in [9.17, 15) is 27.9 Å². The molecule has 3 heterocycles. The van der Waals surface area contributed by atoms with Crippen molar-refractivity contribution in [3.05, 3.63) is 69.5 Å². The molecule has 11 heteroatoms. The van der Waals surface area contributed by atoms with Crippen LogP contribution < -0.4 is 0 Å². The van der Waals surface area contributed by atoms with E-state index in [4.69, 9.17) is 4.74 Å². The minimum atomic E-state index is -4.60. The van der Waals surface area contributed by atoms with Gasteiger partial charge in [0, 0.05) is 30.7 Å². The van der Waals surface area contributed by atoms with Crippen LogP contribution in [0.2, 0.25) is 0 Å². The van der Waals surface area contributed by atoms with Crippen LogP contribution in [0.4, 0.5) is 13.2 Å². The van der Waals surface area contributed by atoms with Crippen LogP contribution in [0.25, 0.3) is 5.78 Å². The van der Waals surface area contributed by atoms with Crippen molar-refractivity contribution in [1.82, 2.24) is 19.6 Å². The van der Waals surface area contributed by atoms with Crippen molar-refractivity contribution in [3.8, 4) is 0 Å². The lowest BCUT2D eigenvalue weighted by Crippen LogP contribution is -2.46. The molecule has 0 saturated heterocycles. The first-order valence-corrected chi connectivity index (χ1v) is 13.9. The van der Waals surface area contributed by atoms with Gasteiger partial charge in [-0.1, -0.05) is 25.0 Å². The van der Waals surface area contributed by atoms with Crippen molar-refractivity contribution in [2.45, 2.75) is 90.3 Å². The maximum atomic E-state index is 13.8. The highest BCUT2D eigenvalue weighted by atomic mass is 19.4. The molecule has 1 aliphatic carbocycles. The minimum absolute atomic E-state index is 0.0163. The van der Waals surface area contributed by atoms with E-state index in [-0.39, 0.29) is 60.7 Å². The lowest BCUT2D eigenvalue weighted by molar-refractivity contribution is -0.167. The molecule has 0 amide bonds. The summed E-state index contributed by atoms with van der Waals surface area (Å²) in [4.78, 5) is 33.7. The number of ketones is 1. The highest BCUT2D eigenvalue weighted by Crippen LogP contribution is 2.46. The molecule has 41 heavy (non-hydrogen) atoms. The first-order valence-electron chi connectivity index (χ1n) is 13.9. The molecule has 8 nitrogen and oxygen atoms in total. The minimum Gasteiger partial charge on any atom is -0.512 e. The Hall–Kier alpha value is -3.76. The number of cyclic esters (lactones) is 1. The number of nitrogens with zero attached hydrogens (tertiary/aromatic N) is 4. The van der Waals surface area contributed by atoms with Crippen LogP contribution in [0, 0.1) is 19.8 Å². The topological polar surface area (TPSA) is 107 Å². The van der Waals surface area contributed by atoms with E-state index in [1.165, 1.54) is 13.0 Å². The number of hydrogen-bond donors (Lipinski definition) is 1. The Morgan fingerprint density at radius 2 is 1.90 bits per heavy atom. The number of carbonyl (C=O) groups is 2. The van der Waals surface area contributed by atoms with Crippen molar-refractivity contribution in [2.24, 2.45) is 5.92 Å². The lowest BCUT2D eigenvalue weighted by atomic mass is 9.76. The molecule has 1 unspecified atom stereocenters. The van der Waals surface area contributed by atoms with E-state index in [1.54, 1.807) is 10.6 Å². The smallest absolute Gasteiger partial charge is 0.416 e.